The Morgan fingerprint density at radius 3 is 2.69 bits per heavy atom. The Kier molecular flexibility index (Phi) is 2.66. The Bertz CT molecular complexity index is 573. The minimum atomic E-state index is 0.725. The van der Waals surface area contributed by atoms with Crippen molar-refractivity contribution in [2.45, 2.75) is 33.9 Å². The van der Waals surface area contributed by atoms with Gasteiger partial charge in [-0.15, -0.1) is 0 Å². The predicted molar refractivity (Wildman–Crippen MR) is 62.9 cm³/mol. The zero-order valence-electron chi connectivity index (χ0n) is 9.99. The van der Waals surface area contributed by atoms with E-state index in [1.54, 1.807) is 0 Å². The van der Waals surface area contributed by atoms with E-state index in [4.69, 9.17) is 5.26 Å². The maximum Gasteiger partial charge on any atom is 0.254 e. The first kappa shape index (κ1) is 10.7. The van der Waals surface area contributed by atoms with Crippen LogP contribution in [-0.4, -0.2) is 4.57 Å². The van der Waals surface area contributed by atoms with Crippen LogP contribution in [-0.2, 0) is 13.1 Å². The molecule has 1 aromatic carbocycles. The number of hydrogen-bond acceptors (Lipinski definition) is 1. The summed E-state index contributed by atoms with van der Waals surface area (Å²) in [7, 11) is 0. The third kappa shape index (κ3) is 1.38. The molecule has 0 saturated heterocycles. The van der Waals surface area contributed by atoms with Crippen LogP contribution in [0.4, 0.5) is 0 Å². The van der Waals surface area contributed by atoms with Crippen LogP contribution in [0.25, 0.3) is 11.0 Å². The number of fused-ring (bicyclic) bond motifs is 1. The van der Waals surface area contributed by atoms with Crippen molar-refractivity contribution in [3.05, 3.63) is 29.6 Å². The fourth-order valence-electron chi connectivity index (χ4n) is 2.33. The number of aromatic nitrogens is 2. The number of imidazole rings is 1. The topological polar surface area (TPSA) is 32.6 Å². The van der Waals surface area contributed by atoms with Crippen LogP contribution in [0.2, 0.25) is 0 Å². The normalized spacial score (nSPS) is 10.6. The van der Waals surface area contributed by atoms with E-state index in [0.717, 1.165) is 24.2 Å². The lowest BCUT2D eigenvalue weighted by atomic mass is 10.2. The highest BCUT2D eigenvalue weighted by molar-refractivity contribution is 5.74. The number of hydrogen-bond donors (Lipinski definition) is 0. The van der Waals surface area contributed by atoms with Crippen LogP contribution < -0.4 is 4.57 Å². The summed E-state index contributed by atoms with van der Waals surface area (Å²) in [5, 5.41) is 8.93. The highest BCUT2D eigenvalue weighted by Crippen LogP contribution is 2.16. The van der Waals surface area contributed by atoms with E-state index >= 15 is 0 Å². The molecule has 3 nitrogen and oxygen atoms in total. The molecular weight excluding hydrogens is 198 g/mol. The van der Waals surface area contributed by atoms with Crippen LogP contribution in [0.1, 0.15) is 25.2 Å². The molecule has 0 aliphatic heterocycles. The number of rotatable bonds is 2. The molecule has 0 aliphatic carbocycles. The lowest BCUT2D eigenvalue weighted by molar-refractivity contribution is -0.674. The summed E-state index contributed by atoms with van der Waals surface area (Å²) in [6.07, 6.45) is 0. The van der Waals surface area contributed by atoms with Gasteiger partial charge in [0.15, 0.2) is 11.0 Å². The van der Waals surface area contributed by atoms with Gasteiger partial charge in [0.05, 0.1) is 24.7 Å². The number of nitriles is 1. The molecule has 2 aromatic rings. The van der Waals surface area contributed by atoms with Gasteiger partial charge < -0.3 is 0 Å². The largest absolute Gasteiger partial charge is 0.254 e. The van der Waals surface area contributed by atoms with Crippen molar-refractivity contribution in [3.63, 3.8) is 0 Å². The quantitative estimate of drug-likeness (QED) is 0.705. The molecule has 0 saturated carbocycles. The minimum Gasteiger partial charge on any atom is -0.228 e. The first-order valence-corrected chi connectivity index (χ1v) is 5.65. The van der Waals surface area contributed by atoms with Gasteiger partial charge in [-0.05, 0) is 26.0 Å². The highest BCUT2D eigenvalue weighted by atomic mass is 15.2. The van der Waals surface area contributed by atoms with Gasteiger partial charge in [-0.25, -0.2) is 9.13 Å². The van der Waals surface area contributed by atoms with Gasteiger partial charge in [0, 0.05) is 13.0 Å². The molecule has 0 radical (unpaired) electrons. The minimum absolute atomic E-state index is 0.725. The lowest BCUT2D eigenvalue weighted by Crippen LogP contribution is -2.35. The molecule has 0 atom stereocenters. The maximum atomic E-state index is 8.93. The monoisotopic (exact) mass is 214 g/mol. The average Bonchev–Trinajstić information content (AvgIpc) is 2.59. The second kappa shape index (κ2) is 3.97. The molecule has 0 unspecified atom stereocenters. The standard InChI is InChI=1S/C13H16N3/c1-4-15-10(3)16(5-2)13-8-11(9-14)6-7-12(13)15/h6-8H,4-5H2,1-3H3/q+1. The van der Waals surface area contributed by atoms with Crippen molar-refractivity contribution in [1.29, 1.82) is 5.26 Å². The fourth-order valence-corrected chi connectivity index (χ4v) is 2.33. The van der Waals surface area contributed by atoms with E-state index in [1.807, 2.05) is 18.2 Å². The van der Waals surface area contributed by atoms with E-state index in [1.165, 1.54) is 11.3 Å². The highest BCUT2D eigenvalue weighted by Gasteiger charge is 2.19. The van der Waals surface area contributed by atoms with Crippen molar-refractivity contribution in [3.8, 4) is 6.07 Å². The third-order valence-electron chi connectivity index (χ3n) is 3.10. The second-order valence-corrected chi connectivity index (χ2v) is 3.85. The first-order valence-electron chi connectivity index (χ1n) is 5.65. The summed E-state index contributed by atoms with van der Waals surface area (Å²) in [5.41, 5.74) is 3.09. The molecule has 0 spiro atoms. The van der Waals surface area contributed by atoms with Crippen LogP contribution in [0.3, 0.4) is 0 Å². The smallest absolute Gasteiger partial charge is 0.228 e. The van der Waals surface area contributed by atoms with Gasteiger partial charge in [-0.2, -0.15) is 5.26 Å². The number of benzene rings is 1. The van der Waals surface area contributed by atoms with Gasteiger partial charge in [-0.3, -0.25) is 0 Å². The van der Waals surface area contributed by atoms with Gasteiger partial charge in [0.1, 0.15) is 0 Å². The molecule has 0 amide bonds. The van der Waals surface area contributed by atoms with Gasteiger partial charge >= 0.3 is 0 Å². The summed E-state index contributed by atoms with van der Waals surface area (Å²) >= 11 is 0. The predicted octanol–water partition coefficient (Wildman–Crippen LogP) is 2.15. The van der Waals surface area contributed by atoms with E-state index in [2.05, 4.69) is 36.0 Å². The molecule has 16 heavy (non-hydrogen) atoms. The molecular formula is C13H16N3+. The van der Waals surface area contributed by atoms with Gasteiger partial charge in [-0.1, -0.05) is 0 Å². The molecule has 0 fully saturated rings. The van der Waals surface area contributed by atoms with Crippen LogP contribution in [0, 0.1) is 18.3 Å². The van der Waals surface area contributed by atoms with Gasteiger partial charge in [0.2, 0.25) is 0 Å². The second-order valence-electron chi connectivity index (χ2n) is 3.85. The molecule has 82 valence electrons. The zero-order chi connectivity index (χ0) is 11.7. The Labute approximate surface area is 95.5 Å². The lowest BCUT2D eigenvalue weighted by Gasteiger charge is -1.94. The molecule has 3 heteroatoms. The molecule has 1 aromatic heterocycles. The maximum absolute atomic E-state index is 8.93. The molecule has 0 N–H and O–H groups in total. The van der Waals surface area contributed by atoms with Crippen LogP contribution in [0.15, 0.2) is 18.2 Å². The van der Waals surface area contributed by atoms with Crippen molar-refractivity contribution in [2.75, 3.05) is 0 Å². The number of nitrogens with zero attached hydrogens (tertiary/aromatic N) is 3. The van der Waals surface area contributed by atoms with E-state index in [9.17, 15) is 0 Å². The van der Waals surface area contributed by atoms with Crippen molar-refractivity contribution < 1.29 is 4.57 Å². The Morgan fingerprint density at radius 1 is 1.38 bits per heavy atom. The Hall–Kier alpha value is -1.82. The number of aryl methyl sites for hydroxylation is 2. The van der Waals surface area contributed by atoms with Crippen LogP contribution >= 0.6 is 0 Å². The van der Waals surface area contributed by atoms with E-state index < -0.39 is 0 Å². The summed E-state index contributed by atoms with van der Waals surface area (Å²) in [5.74, 6) is 1.25. The van der Waals surface area contributed by atoms with Gasteiger partial charge in [0.25, 0.3) is 5.82 Å². The first-order chi connectivity index (χ1) is 7.72. The van der Waals surface area contributed by atoms with E-state index in [-0.39, 0.29) is 0 Å². The summed E-state index contributed by atoms with van der Waals surface area (Å²) < 4.78 is 4.53. The Morgan fingerprint density at radius 2 is 2.12 bits per heavy atom. The molecule has 1 heterocycles. The fraction of sp³-hybridized carbons (Fsp3) is 0.385. The average molecular weight is 214 g/mol. The molecule has 0 bridgehead atoms. The van der Waals surface area contributed by atoms with Crippen molar-refractivity contribution >= 4 is 11.0 Å². The SMILES string of the molecule is CCn1c(C)[n+](CC)c2ccc(C#N)cc21. The molecule has 2 rings (SSSR count). The Balaban J connectivity index is 2.85. The van der Waals surface area contributed by atoms with Crippen molar-refractivity contribution in [1.82, 2.24) is 4.57 Å². The molecule has 0 aliphatic rings. The van der Waals surface area contributed by atoms with Crippen LogP contribution in [0.5, 0.6) is 0 Å². The zero-order valence-corrected chi connectivity index (χ0v) is 9.99. The van der Waals surface area contributed by atoms with E-state index in [0.29, 0.717) is 0 Å². The van der Waals surface area contributed by atoms with Crippen molar-refractivity contribution in [2.24, 2.45) is 0 Å². The summed E-state index contributed by atoms with van der Waals surface area (Å²) in [4.78, 5) is 0. The third-order valence-corrected chi connectivity index (χ3v) is 3.10. The summed E-state index contributed by atoms with van der Waals surface area (Å²) in [6.45, 7) is 8.29. The summed E-state index contributed by atoms with van der Waals surface area (Å²) in [6, 6.07) is 8.09.